The normalized spacial score (nSPS) is 11.3. The molecule has 0 aliphatic carbocycles. The van der Waals surface area contributed by atoms with Crippen LogP contribution in [0.4, 0.5) is 0 Å². The van der Waals surface area contributed by atoms with Crippen LogP contribution in [0.2, 0.25) is 0 Å². The maximum atomic E-state index is 11.6. The van der Waals surface area contributed by atoms with Gasteiger partial charge in [-0.15, -0.1) is 0 Å². The summed E-state index contributed by atoms with van der Waals surface area (Å²) in [4.78, 5) is 0. The lowest BCUT2D eigenvalue weighted by molar-refractivity contribution is 0.414. The number of thiocarbonyl (C=S) groups is 1. The first-order valence-corrected chi connectivity index (χ1v) is 9.49. The Morgan fingerprint density at radius 2 is 1.91 bits per heavy atom. The molecule has 0 saturated heterocycles. The fourth-order valence-electron chi connectivity index (χ4n) is 1.85. The van der Waals surface area contributed by atoms with E-state index in [2.05, 4.69) is 10.6 Å². The number of benzene rings is 1. The molecule has 2 N–H and O–H groups in total. The lowest BCUT2D eigenvalue weighted by atomic mass is 10.2. The molecule has 6 nitrogen and oxygen atoms in total. The second kappa shape index (κ2) is 9.69. The van der Waals surface area contributed by atoms with E-state index in [9.17, 15) is 8.42 Å². The van der Waals surface area contributed by atoms with E-state index in [0.29, 0.717) is 31.2 Å². The molecule has 0 spiro atoms. The van der Waals surface area contributed by atoms with Gasteiger partial charge in [-0.3, -0.25) is 0 Å². The van der Waals surface area contributed by atoms with E-state index in [1.807, 2.05) is 24.3 Å². The van der Waals surface area contributed by atoms with Crippen LogP contribution in [-0.2, 0) is 16.6 Å². The highest BCUT2D eigenvalue weighted by Gasteiger charge is 2.13. The van der Waals surface area contributed by atoms with Crippen LogP contribution < -0.4 is 15.4 Å². The van der Waals surface area contributed by atoms with Crippen molar-refractivity contribution in [3.8, 4) is 5.75 Å². The van der Waals surface area contributed by atoms with Gasteiger partial charge in [0.2, 0.25) is 10.0 Å². The molecule has 0 heterocycles. The quantitative estimate of drug-likeness (QED) is 0.512. The Labute approximate surface area is 144 Å². The average Bonchev–Trinajstić information content (AvgIpc) is 2.57. The largest absolute Gasteiger partial charge is 0.497 e. The number of methoxy groups -OCH3 is 1. The van der Waals surface area contributed by atoms with Gasteiger partial charge in [-0.25, -0.2) is 12.7 Å². The minimum atomic E-state index is -3.10. The minimum absolute atomic E-state index is 0.124. The number of nitrogens with zero attached hydrogens (tertiary/aromatic N) is 1. The van der Waals surface area contributed by atoms with E-state index < -0.39 is 10.0 Å². The van der Waals surface area contributed by atoms with Crippen molar-refractivity contribution in [3.63, 3.8) is 0 Å². The maximum absolute atomic E-state index is 11.6. The fraction of sp³-hybridized carbons (Fsp3) is 0.533. The summed E-state index contributed by atoms with van der Waals surface area (Å²) in [5, 5.41) is 6.75. The first-order chi connectivity index (χ1) is 10.9. The van der Waals surface area contributed by atoms with Crippen LogP contribution in [0.5, 0.6) is 5.75 Å². The summed E-state index contributed by atoms with van der Waals surface area (Å²) in [5.74, 6) is 0.944. The first kappa shape index (κ1) is 19.7. The molecule has 1 aromatic carbocycles. The zero-order chi connectivity index (χ0) is 17.3. The van der Waals surface area contributed by atoms with Crippen molar-refractivity contribution in [2.75, 3.05) is 33.0 Å². The lowest BCUT2D eigenvalue weighted by Gasteiger charge is -2.16. The van der Waals surface area contributed by atoms with Gasteiger partial charge in [-0.05, 0) is 43.3 Å². The van der Waals surface area contributed by atoms with E-state index in [0.717, 1.165) is 11.3 Å². The molecule has 0 radical (unpaired) electrons. The molecule has 0 aliphatic heterocycles. The second-order valence-electron chi connectivity index (χ2n) is 5.03. The molecule has 1 aromatic rings. The number of sulfonamides is 1. The van der Waals surface area contributed by atoms with E-state index in [4.69, 9.17) is 17.0 Å². The van der Waals surface area contributed by atoms with Crippen molar-refractivity contribution in [3.05, 3.63) is 29.8 Å². The molecular weight excluding hydrogens is 334 g/mol. The number of hydrogen-bond donors (Lipinski definition) is 2. The van der Waals surface area contributed by atoms with Crippen LogP contribution in [0.1, 0.15) is 18.9 Å². The predicted octanol–water partition coefficient (Wildman–Crippen LogP) is 1.33. The molecule has 0 aromatic heterocycles. The van der Waals surface area contributed by atoms with E-state index in [1.54, 1.807) is 21.1 Å². The van der Waals surface area contributed by atoms with Crippen molar-refractivity contribution in [1.82, 2.24) is 14.9 Å². The number of hydrogen-bond acceptors (Lipinski definition) is 4. The monoisotopic (exact) mass is 359 g/mol. The van der Waals surface area contributed by atoms with Crippen LogP contribution in [0.15, 0.2) is 24.3 Å². The van der Waals surface area contributed by atoms with Gasteiger partial charge in [0.1, 0.15) is 5.75 Å². The zero-order valence-electron chi connectivity index (χ0n) is 13.8. The molecule has 0 fully saturated rings. The average molecular weight is 360 g/mol. The third-order valence-electron chi connectivity index (χ3n) is 3.39. The van der Waals surface area contributed by atoms with Gasteiger partial charge >= 0.3 is 0 Å². The SMILES string of the molecule is CCS(=O)(=O)N(C)CCCNC(=S)NCc1ccc(OC)cc1. The van der Waals surface area contributed by atoms with Crippen LogP contribution in [0.3, 0.4) is 0 Å². The molecule has 0 aliphatic rings. The lowest BCUT2D eigenvalue weighted by Crippen LogP contribution is -2.37. The fourth-order valence-corrected chi connectivity index (χ4v) is 2.87. The van der Waals surface area contributed by atoms with Crippen molar-refractivity contribution in [2.24, 2.45) is 0 Å². The minimum Gasteiger partial charge on any atom is -0.497 e. The third kappa shape index (κ3) is 7.15. The molecule has 0 atom stereocenters. The number of nitrogens with one attached hydrogen (secondary N) is 2. The van der Waals surface area contributed by atoms with Crippen molar-refractivity contribution in [2.45, 2.75) is 19.9 Å². The molecule has 130 valence electrons. The molecule has 0 amide bonds. The van der Waals surface area contributed by atoms with Gasteiger partial charge in [0.15, 0.2) is 5.11 Å². The van der Waals surface area contributed by atoms with E-state index >= 15 is 0 Å². The third-order valence-corrected chi connectivity index (χ3v) is 5.54. The summed E-state index contributed by atoms with van der Waals surface area (Å²) in [6, 6.07) is 7.74. The Balaban J connectivity index is 2.22. The van der Waals surface area contributed by atoms with Gasteiger partial charge in [0.25, 0.3) is 0 Å². The molecule has 0 saturated carbocycles. The highest BCUT2D eigenvalue weighted by molar-refractivity contribution is 7.89. The van der Waals surface area contributed by atoms with Crippen LogP contribution >= 0.6 is 12.2 Å². The van der Waals surface area contributed by atoms with Crippen LogP contribution in [0, 0.1) is 0 Å². The Kier molecular flexibility index (Phi) is 8.29. The maximum Gasteiger partial charge on any atom is 0.213 e. The Bertz CT molecular complexity index is 588. The van der Waals surface area contributed by atoms with Gasteiger partial charge in [0, 0.05) is 26.7 Å². The molecule has 8 heteroatoms. The summed E-state index contributed by atoms with van der Waals surface area (Å²) in [7, 11) is 0.127. The molecular formula is C15H25N3O3S2. The summed E-state index contributed by atoms with van der Waals surface area (Å²) < 4.78 is 29.7. The predicted molar refractivity (Wildman–Crippen MR) is 97.1 cm³/mol. The van der Waals surface area contributed by atoms with Crippen LogP contribution in [0.25, 0.3) is 0 Å². The van der Waals surface area contributed by atoms with Gasteiger partial charge < -0.3 is 15.4 Å². The van der Waals surface area contributed by atoms with Gasteiger partial charge in [0.05, 0.1) is 12.9 Å². The Hall–Kier alpha value is -1.38. The second-order valence-corrected chi connectivity index (χ2v) is 7.81. The number of rotatable bonds is 9. The first-order valence-electron chi connectivity index (χ1n) is 7.47. The summed E-state index contributed by atoms with van der Waals surface area (Å²) in [6.07, 6.45) is 0.695. The smallest absolute Gasteiger partial charge is 0.213 e. The Morgan fingerprint density at radius 3 is 2.48 bits per heavy atom. The highest BCUT2D eigenvalue weighted by Crippen LogP contribution is 2.10. The van der Waals surface area contributed by atoms with Crippen molar-refractivity contribution < 1.29 is 13.2 Å². The highest BCUT2D eigenvalue weighted by atomic mass is 32.2. The van der Waals surface area contributed by atoms with E-state index in [1.165, 1.54) is 4.31 Å². The van der Waals surface area contributed by atoms with Crippen LogP contribution in [-0.4, -0.2) is 50.8 Å². The van der Waals surface area contributed by atoms with Crippen molar-refractivity contribution >= 4 is 27.4 Å². The topological polar surface area (TPSA) is 70.7 Å². The van der Waals surface area contributed by atoms with Crippen molar-refractivity contribution in [1.29, 1.82) is 0 Å². The standard InChI is InChI=1S/C15H25N3O3S2/c1-4-23(19,20)18(2)11-5-10-16-15(22)17-12-13-6-8-14(21-3)9-7-13/h6-9H,4-5,10-12H2,1-3H3,(H2,16,17,22). The summed E-state index contributed by atoms with van der Waals surface area (Å²) in [5.41, 5.74) is 1.10. The van der Waals surface area contributed by atoms with Gasteiger partial charge in [-0.2, -0.15) is 0 Å². The summed E-state index contributed by atoms with van der Waals surface area (Å²) >= 11 is 5.20. The van der Waals surface area contributed by atoms with E-state index in [-0.39, 0.29) is 5.75 Å². The molecule has 0 bridgehead atoms. The Morgan fingerprint density at radius 1 is 1.26 bits per heavy atom. The molecule has 23 heavy (non-hydrogen) atoms. The molecule has 0 unspecified atom stereocenters. The zero-order valence-corrected chi connectivity index (χ0v) is 15.5. The number of ether oxygens (including phenoxy) is 1. The summed E-state index contributed by atoms with van der Waals surface area (Å²) in [6.45, 7) is 3.37. The molecule has 1 rings (SSSR count). The van der Waals surface area contributed by atoms with Gasteiger partial charge in [-0.1, -0.05) is 12.1 Å².